The molecule has 3 amide bonds. The second kappa shape index (κ2) is 14.2. The number of phenolic OH excluding ortho intramolecular Hbond substituents is 2. The minimum atomic E-state index is -1.09. The Kier molecular flexibility index (Phi) is 10.0. The minimum Gasteiger partial charge on any atom is -0.507 e. The molecule has 15 nitrogen and oxygen atoms in total. The van der Waals surface area contributed by atoms with E-state index in [2.05, 4.69) is 10.2 Å². The summed E-state index contributed by atoms with van der Waals surface area (Å²) >= 11 is 1.59. The molecule has 5 heterocycles. The molecule has 2 fully saturated rings. The van der Waals surface area contributed by atoms with Gasteiger partial charge in [-0.3, -0.25) is 24.8 Å². The fourth-order valence-corrected chi connectivity index (χ4v) is 10.4. The van der Waals surface area contributed by atoms with Crippen molar-refractivity contribution in [1.29, 1.82) is 0 Å². The van der Waals surface area contributed by atoms with Crippen LogP contribution in [0.25, 0.3) is 0 Å². The number of likely N-dealkylation sites (N-methyl/N-ethyl adjacent to an activating group) is 1. The van der Waals surface area contributed by atoms with Gasteiger partial charge in [0, 0.05) is 34.8 Å². The van der Waals surface area contributed by atoms with Gasteiger partial charge in [0.25, 0.3) is 5.91 Å². The lowest BCUT2D eigenvalue weighted by Crippen LogP contribution is -2.69. The molecule has 5 aliphatic rings. The van der Waals surface area contributed by atoms with Crippen molar-refractivity contribution < 1.29 is 53.4 Å². The zero-order valence-corrected chi connectivity index (χ0v) is 32.7. The number of phenols is 2. The Balaban J connectivity index is 1.27. The largest absolute Gasteiger partial charge is 0.507 e. The Labute approximate surface area is 318 Å². The number of nitrogens with one attached hydrogen (secondary N) is 1. The highest BCUT2D eigenvalue weighted by Gasteiger charge is 2.59. The second-order valence-electron chi connectivity index (χ2n) is 15.6. The standard InChI is InChI=1S/C38H50N4O11S/c1-9-54-33-25-24(32-31(51-16-52-32)18(3)28(25)43)22(15-50-36(47)39-34(45)20-11-10-12-41(20)37(48)53-38(4,5)6)42-27(33)26-23-19(14-21(35(42)46)40(26)7)13-17(2)30(49-8)29(23)44/h13,20-22,26-27,33,35,43-44,46H,9-12,14-16H2,1-8H3,(H,39,45,47)/t20-,21-,22-,26-,27+,33+,35-/m0/s1. The molecular weight excluding hydrogens is 721 g/mol. The summed E-state index contributed by atoms with van der Waals surface area (Å²) in [5, 5.41) is 38.0. The van der Waals surface area contributed by atoms with Crippen LogP contribution in [0.4, 0.5) is 9.59 Å². The van der Waals surface area contributed by atoms with Gasteiger partial charge in [-0.15, -0.1) is 0 Å². The Bertz CT molecular complexity index is 1870. The molecule has 7 atom stereocenters. The molecule has 0 aromatic heterocycles. The Morgan fingerprint density at radius 1 is 1.07 bits per heavy atom. The lowest BCUT2D eigenvalue weighted by Gasteiger charge is -2.61. The number of aliphatic hydroxyl groups excluding tert-OH is 1. The van der Waals surface area contributed by atoms with Crippen molar-refractivity contribution in [1.82, 2.24) is 20.0 Å². The molecule has 7 rings (SSSR count). The number of nitrogens with zero attached hydrogens (tertiary/aromatic N) is 3. The number of hydrogen-bond acceptors (Lipinski definition) is 14. The average Bonchev–Trinajstić information content (AvgIpc) is 3.80. The number of benzene rings is 2. The number of fused-ring (bicyclic) bond motifs is 9. The van der Waals surface area contributed by atoms with Gasteiger partial charge in [0.15, 0.2) is 23.0 Å². The smallest absolute Gasteiger partial charge is 0.413 e. The third kappa shape index (κ3) is 6.14. The van der Waals surface area contributed by atoms with Crippen LogP contribution in [0.15, 0.2) is 6.07 Å². The van der Waals surface area contributed by atoms with Crippen molar-refractivity contribution in [2.45, 2.75) is 108 Å². The van der Waals surface area contributed by atoms with Gasteiger partial charge in [-0.1, -0.05) is 13.0 Å². The van der Waals surface area contributed by atoms with E-state index in [1.54, 1.807) is 39.5 Å². The zero-order valence-electron chi connectivity index (χ0n) is 31.9. The summed E-state index contributed by atoms with van der Waals surface area (Å²) in [5.41, 5.74) is 3.17. The summed E-state index contributed by atoms with van der Waals surface area (Å²) in [6, 6.07) is -1.28. The molecule has 2 bridgehead atoms. The lowest BCUT2D eigenvalue weighted by molar-refractivity contribution is -0.178. The fourth-order valence-electron chi connectivity index (χ4n) is 9.12. The summed E-state index contributed by atoms with van der Waals surface area (Å²) < 4.78 is 28.9. The highest BCUT2D eigenvalue weighted by Crippen LogP contribution is 2.63. The van der Waals surface area contributed by atoms with Gasteiger partial charge in [-0.05, 0) is 77.8 Å². The van der Waals surface area contributed by atoms with Gasteiger partial charge < -0.3 is 39.0 Å². The third-order valence-corrected chi connectivity index (χ3v) is 12.5. The minimum absolute atomic E-state index is 0.00829. The monoisotopic (exact) mass is 770 g/mol. The van der Waals surface area contributed by atoms with E-state index in [9.17, 15) is 29.7 Å². The number of rotatable bonds is 6. The molecule has 0 aliphatic carbocycles. The first-order chi connectivity index (χ1) is 25.6. The van der Waals surface area contributed by atoms with Crippen LogP contribution in [0, 0.1) is 13.8 Å². The summed E-state index contributed by atoms with van der Waals surface area (Å²) in [6.45, 7) is 10.7. The molecule has 294 valence electrons. The number of carbonyl (C=O) groups is 3. The summed E-state index contributed by atoms with van der Waals surface area (Å²) in [5.74, 6) is 1.11. The van der Waals surface area contributed by atoms with Crippen molar-refractivity contribution in [3.8, 4) is 28.7 Å². The molecule has 2 aromatic carbocycles. The molecule has 0 radical (unpaired) electrons. The van der Waals surface area contributed by atoms with E-state index in [-0.39, 0.29) is 24.9 Å². The number of thioether (sulfide) groups is 1. The third-order valence-electron chi connectivity index (χ3n) is 11.3. The number of hydrogen-bond donors (Lipinski definition) is 4. The number of likely N-dealkylation sites (tertiary alicyclic amines) is 1. The van der Waals surface area contributed by atoms with Crippen molar-refractivity contribution in [2.75, 3.05) is 39.9 Å². The van der Waals surface area contributed by atoms with Crippen LogP contribution in [0.2, 0.25) is 0 Å². The predicted molar refractivity (Wildman–Crippen MR) is 197 cm³/mol. The van der Waals surface area contributed by atoms with Crippen molar-refractivity contribution in [3.63, 3.8) is 0 Å². The molecule has 54 heavy (non-hydrogen) atoms. The van der Waals surface area contributed by atoms with Crippen molar-refractivity contribution in [3.05, 3.63) is 39.4 Å². The van der Waals surface area contributed by atoms with Crippen LogP contribution in [-0.2, 0) is 20.7 Å². The molecule has 0 unspecified atom stereocenters. The Hall–Kier alpha value is -4.12. The summed E-state index contributed by atoms with van der Waals surface area (Å²) in [6.07, 6.45) is -1.44. The zero-order chi connectivity index (χ0) is 39.0. The van der Waals surface area contributed by atoms with Crippen molar-refractivity contribution in [2.24, 2.45) is 0 Å². The highest BCUT2D eigenvalue weighted by molar-refractivity contribution is 7.99. The van der Waals surface area contributed by atoms with Crippen molar-refractivity contribution >= 4 is 29.9 Å². The molecular formula is C38H50N4O11S. The topological polar surface area (TPSA) is 180 Å². The van der Waals surface area contributed by atoms with Crippen LogP contribution < -0.4 is 19.5 Å². The lowest BCUT2D eigenvalue weighted by atomic mass is 9.73. The SMILES string of the molecule is CCS[C@@H]1c2c(O)c(C)c3c(c2[C@H](COC(=O)NC(=O)[C@@H]2CCCN2C(=O)OC(C)(C)C)N2[C@@H]1[C@@H]1c4c(cc(C)c(OC)c4O)C[C@@H]([C@@H]2O)N1C)OCO3. The number of aliphatic hydroxyl groups is 1. The van der Waals surface area contributed by atoms with E-state index < -0.39 is 65.4 Å². The van der Waals surface area contributed by atoms with Crippen LogP contribution in [0.5, 0.6) is 28.7 Å². The maximum atomic E-state index is 13.5. The van der Waals surface area contributed by atoms with Crippen LogP contribution in [0.3, 0.4) is 0 Å². The normalized spacial score (nSPS) is 27.1. The van der Waals surface area contributed by atoms with Crippen LogP contribution >= 0.6 is 11.8 Å². The molecule has 16 heteroatoms. The molecule has 4 N–H and O–H groups in total. The predicted octanol–water partition coefficient (Wildman–Crippen LogP) is 4.55. The van der Waals surface area contributed by atoms with E-state index in [4.69, 9.17) is 23.7 Å². The van der Waals surface area contributed by atoms with E-state index >= 15 is 0 Å². The first-order valence-corrected chi connectivity index (χ1v) is 19.4. The van der Waals surface area contributed by atoms with E-state index in [0.717, 1.165) is 11.1 Å². The summed E-state index contributed by atoms with van der Waals surface area (Å²) in [7, 11) is 3.44. The van der Waals surface area contributed by atoms with Gasteiger partial charge in [-0.25, -0.2) is 9.59 Å². The number of aromatic hydroxyl groups is 2. The van der Waals surface area contributed by atoms with E-state index in [0.29, 0.717) is 71.1 Å². The summed E-state index contributed by atoms with van der Waals surface area (Å²) in [4.78, 5) is 45.0. The number of aryl methyl sites for hydroxylation is 1. The molecule has 2 aromatic rings. The van der Waals surface area contributed by atoms with Crippen LogP contribution in [0.1, 0.15) is 91.3 Å². The van der Waals surface area contributed by atoms with Crippen LogP contribution in [-0.4, -0.2) is 118 Å². The number of imide groups is 1. The van der Waals surface area contributed by atoms with Gasteiger partial charge in [0.05, 0.1) is 30.5 Å². The van der Waals surface area contributed by atoms with Gasteiger partial charge >= 0.3 is 12.2 Å². The number of piperazine rings is 1. The van der Waals surface area contributed by atoms with E-state index in [1.165, 1.54) is 12.0 Å². The average molecular weight is 771 g/mol. The first kappa shape index (κ1) is 38.2. The maximum Gasteiger partial charge on any atom is 0.413 e. The molecule has 5 aliphatic heterocycles. The number of ether oxygens (including phenoxy) is 5. The number of amides is 3. The number of methoxy groups -OCH3 is 1. The second-order valence-corrected chi connectivity index (χ2v) is 17.0. The molecule has 2 saturated heterocycles. The Morgan fingerprint density at radius 2 is 1.80 bits per heavy atom. The maximum absolute atomic E-state index is 13.5. The highest BCUT2D eigenvalue weighted by atomic mass is 32.2. The quantitative estimate of drug-likeness (QED) is 0.321. The first-order valence-electron chi connectivity index (χ1n) is 18.4. The van der Waals surface area contributed by atoms with Gasteiger partial charge in [-0.2, -0.15) is 11.8 Å². The Morgan fingerprint density at radius 3 is 2.48 bits per heavy atom. The fraction of sp³-hybridized carbons (Fsp3) is 0.605. The number of alkyl carbamates (subject to hydrolysis) is 1. The van der Waals surface area contributed by atoms with Gasteiger partial charge in [0.2, 0.25) is 6.79 Å². The molecule has 0 spiro atoms. The van der Waals surface area contributed by atoms with Gasteiger partial charge in [0.1, 0.15) is 30.2 Å². The van der Waals surface area contributed by atoms with E-state index in [1.807, 2.05) is 31.9 Å². The number of carbonyl (C=O) groups excluding carboxylic acids is 3. The molecule has 0 saturated carbocycles.